The van der Waals surface area contributed by atoms with Crippen LogP contribution < -0.4 is 0 Å². The first-order chi connectivity index (χ1) is 20.5. The molecule has 0 aromatic heterocycles. The van der Waals surface area contributed by atoms with Crippen molar-refractivity contribution in [2.24, 2.45) is 0 Å². The van der Waals surface area contributed by atoms with Crippen LogP contribution in [0.5, 0.6) is 0 Å². The molecule has 0 atom stereocenters. The summed E-state index contributed by atoms with van der Waals surface area (Å²) >= 11 is 0. The average Bonchev–Trinajstić information content (AvgIpc) is 2.64. The third-order valence-corrected chi connectivity index (χ3v) is 31.8. The normalized spacial score (nSPS) is 14.9. The molecule has 19 heteroatoms. The van der Waals surface area contributed by atoms with Crippen molar-refractivity contribution in [1.82, 2.24) is 0 Å². The van der Waals surface area contributed by atoms with Gasteiger partial charge in [0.05, 0.1) is 13.2 Å². The Morgan fingerprint density at radius 3 is 0.745 bits per heavy atom. The van der Waals surface area contributed by atoms with Crippen LogP contribution in [-0.2, 0) is 42.4 Å². The Labute approximate surface area is 299 Å². The Kier molecular flexibility index (Phi) is 18.1. The van der Waals surface area contributed by atoms with Gasteiger partial charge in [-0.05, 0) is 132 Å². The summed E-state index contributed by atoms with van der Waals surface area (Å²) in [5, 5.41) is 0. The largest absolute Gasteiger partial charge is 0.643 e. The van der Waals surface area contributed by atoms with Gasteiger partial charge >= 0.3 is 26.7 Å². The fourth-order valence-electron chi connectivity index (χ4n) is 4.12. The fourth-order valence-corrected chi connectivity index (χ4v) is 36.7. The summed E-state index contributed by atoms with van der Waals surface area (Å²) in [4.78, 5) is 0. The van der Waals surface area contributed by atoms with Crippen LogP contribution in [0.3, 0.4) is 0 Å². The van der Waals surface area contributed by atoms with Gasteiger partial charge in [-0.2, -0.15) is 0 Å². The maximum absolute atomic E-state index is 7.41. The highest BCUT2D eigenvalue weighted by atomic mass is 28.6. The lowest BCUT2D eigenvalue weighted by molar-refractivity contribution is 0.0499. The van der Waals surface area contributed by atoms with Gasteiger partial charge in [0.15, 0.2) is 49.9 Å². The van der Waals surface area contributed by atoms with Crippen molar-refractivity contribution in [2.45, 2.75) is 132 Å². The van der Waals surface area contributed by atoms with Gasteiger partial charge in [-0.1, -0.05) is 24.3 Å². The molecule has 0 amide bonds. The van der Waals surface area contributed by atoms with Gasteiger partial charge < -0.3 is 42.4 Å². The van der Waals surface area contributed by atoms with Crippen LogP contribution >= 0.6 is 0 Å². The molecular weight excluding hydrogens is 749 g/mol. The molecule has 0 radical (unpaired) electrons. The zero-order valence-corrected chi connectivity index (χ0v) is 42.8. The first-order valence-electron chi connectivity index (χ1n) is 16.5. The van der Waals surface area contributed by atoms with Crippen LogP contribution in [0.4, 0.5) is 0 Å². The van der Waals surface area contributed by atoms with Crippen LogP contribution in [0.1, 0.15) is 13.8 Å². The van der Waals surface area contributed by atoms with Gasteiger partial charge in [-0.15, -0.1) is 0 Å². The topological polar surface area (TPSA) is 92.3 Å². The van der Waals surface area contributed by atoms with Crippen molar-refractivity contribution in [3.05, 3.63) is 24.3 Å². The smallest absolute Gasteiger partial charge is 0.415 e. The molecule has 0 heterocycles. The van der Waals surface area contributed by atoms with Crippen molar-refractivity contribution < 1.29 is 42.4 Å². The van der Waals surface area contributed by atoms with Crippen LogP contribution in [0.15, 0.2) is 24.3 Å². The lowest BCUT2D eigenvalue weighted by atomic mass is 10.4. The Bertz CT molecular complexity index is 893. The van der Waals surface area contributed by atoms with E-state index in [-0.39, 0.29) is 12.5 Å². The predicted octanol–water partition coefficient (Wildman–Crippen LogP) is 8.71. The molecule has 0 aliphatic carbocycles. The molecule has 10 nitrogen and oxygen atoms in total. The second-order valence-corrected chi connectivity index (χ2v) is 54.4. The van der Waals surface area contributed by atoms with Crippen LogP contribution in [0.25, 0.3) is 0 Å². The van der Waals surface area contributed by atoms with Gasteiger partial charge in [0.2, 0.25) is 0 Å². The molecule has 0 N–H and O–H groups in total. The summed E-state index contributed by atoms with van der Waals surface area (Å²) in [6.45, 7) is 50.8. The van der Waals surface area contributed by atoms with E-state index in [2.05, 4.69) is 131 Å². The summed E-state index contributed by atoms with van der Waals surface area (Å²) in [6, 6.07) is 0. The maximum Gasteiger partial charge on any atom is 0.643 e. The van der Waals surface area contributed by atoms with Crippen molar-refractivity contribution in [3.8, 4) is 0 Å². The predicted molar refractivity (Wildman–Crippen MR) is 217 cm³/mol. The highest BCUT2D eigenvalue weighted by Crippen LogP contribution is 2.35. The van der Waals surface area contributed by atoms with E-state index in [0.29, 0.717) is 13.2 Å². The summed E-state index contributed by atoms with van der Waals surface area (Å²) in [7, 11) is -26.0. The summed E-state index contributed by atoms with van der Waals surface area (Å²) in [5.41, 5.74) is 1.78. The Morgan fingerprint density at radius 1 is 0.362 bits per heavy atom. The van der Waals surface area contributed by atoms with E-state index in [9.17, 15) is 0 Å². The Hall–Kier alpha value is 1.03. The first-order valence-corrected chi connectivity index (χ1v) is 42.5. The van der Waals surface area contributed by atoms with E-state index >= 15 is 0 Å². The molecule has 0 saturated carbocycles. The lowest BCUT2D eigenvalue weighted by Gasteiger charge is -2.49. The number of hydrogen-bond acceptors (Lipinski definition) is 10. The molecule has 0 spiro atoms. The van der Waals surface area contributed by atoms with E-state index in [1.807, 2.05) is 13.8 Å². The molecule has 0 unspecified atom stereocenters. The van der Waals surface area contributed by atoms with Gasteiger partial charge in [-0.3, -0.25) is 0 Å². The average molecular weight is 822 g/mol. The maximum atomic E-state index is 7.41. The summed E-state index contributed by atoms with van der Waals surface area (Å²) in [5.74, 6) is 0. The van der Waals surface area contributed by atoms with E-state index in [0.717, 1.165) is 11.1 Å². The standard InChI is InChI=1S/C28H72O10Si9/c1-27(2)23-29-25-45(31-39(5,6)7,32-40(8,9)10)37-47(35-43(17,18)19,36-44(20,21)22)38-46(33-41(11,12)13,34-42(14,15)16)26-30-24-28(3)4/h1,3,23-26H2,2,4-22H3. The Morgan fingerprint density at radius 2 is 0.574 bits per heavy atom. The summed E-state index contributed by atoms with van der Waals surface area (Å²) < 4.78 is 69.8. The third kappa shape index (κ3) is 24.0. The molecule has 0 aliphatic heterocycles. The third-order valence-electron chi connectivity index (χ3n) is 4.52. The van der Waals surface area contributed by atoms with Crippen LogP contribution in [0, 0.1) is 0 Å². The quantitative estimate of drug-likeness (QED) is 0.0696. The van der Waals surface area contributed by atoms with Crippen molar-refractivity contribution in [2.75, 3.05) is 25.7 Å². The monoisotopic (exact) mass is 820 g/mol. The zero-order chi connectivity index (χ0) is 37.6. The molecular formula is C28H72O10Si9. The first kappa shape index (κ1) is 48.0. The van der Waals surface area contributed by atoms with E-state index in [4.69, 9.17) is 42.4 Å². The molecule has 47 heavy (non-hydrogen) atoms. The van der Waals surface area contributed by atoms with Gasteiger partial charge in [-0.25, -0.2) is 0 Å². The molecule has 0 aliphatic rings. The van der Waals surface area contributed by atoms with E-state index < -0.39 is 76.6 Å². The minimum absolute atomic E-state index is 0.0983. The van der Waals surface area contributed by atoms with Crippen molar-refractivity contribution >= 4 is 76.6 Å². The molecule has 280 valence electrons. The molecule has 0 aromatic rings. The minimum atomic E-state index is -4.26. The fraction of sp³-hybridized carbons (Fsp3) is 0.857. The number of hydrogen-bond donors (Lipinski definition) is 0. The molecule has 0 rings (SSSR count). The van der Waals surface area contributed by atoms with Gasteiger partial charge in [0, 0.05) is 0 Å². The van der Waals surface area contributed by atoms with Crippen molar-refractivity contribution in [3.63, 3.8) is 0 Å². The number of rotatable bonds is 24. The van der Waals surface area contributed by atoms with Crippen molar-refractivity contribution in [1.29, 1.82) is 0 Å². The second-order valence-electron chi connectivity index (χ2n) is 18.3. The van der Waals surface area contributed by atoms with E-state index in [1.54, 1.807) is 0 Å². The van der Waals surface area contributed by atoms with E-state index in [1.165, 1.54) is 0 Å². The molecule has 0 bridgehead atoms. The Balaban J connectivity index is 8.00. The zero-order valence-electron chi connectivity index (χ0n) is 33.8. The highest BCUT2D eigenvalue weighted by molar-refractivity contribution is 6.95. The molecule has 0 saturated heterocycles. The van der Waals surface area contributed by atoms with Gasteiger partial charge in [0.25, 0.3) is 0 Å². The highest BCUT2D eigenvalue weighted by Gasteiger charge is 2.67. The van der Waals surface area contributed by atoms with Crippen LogP contribution in [-0.4, -0.2) is 102 Å². The molecule has 0 aromatic carbocycles. The van der Waals surface area contributed by atoms with Crippen LogP contribution in [0.2, 0.25) is 118 Å². The minimum Gasteiger partial charge on any atom is -0.415 e. The van der Waals surface area contributed by atoms with Gasteiger partial charge in [0.1, 0.15) is 12.5 Å². The lowest BCUT2D eigenvalue weighted by Crippen LogP contribution is -2.74. The number of ether oxygens (including phenoxy) is 2. The molecule has 0 fully saturated rings. The second kappa shape index (κ2) is 17.7. The SMILES string of the molecule is C=C(C)COC[Si](O[Si](C)(C)C)(O[Si](C)(C)C)O[Si](O[Si](C)(C)C)(O[Si](C)(C)C)O[Si](COCC(=C)C)(O[Si](C)(C)C)O[Si](C)(C)C. The summed E-state index contributed by atoms with van der Waals surface area (Å²) in [6.07, 6.45) is 0.197.